The fraction of sp³-hybridized carbons (Fsp3) is 0.222. The van der Waals surface area contributed by atoms with Gasteiger partial charge in [-0.05, 0) is 19.9 Å². The van der Waals surface area contributed by atoms with Crippen LogP contribution in [0.2, 0.25) is 0 Å². The van der Waals surface area contributed by atoms with Gasteiger partial charge in [-0.1, -0.05) is 18.2 Å². The second kappa shape index (κ2) is 4.09. The number of rotatable bonds is 2. The van der Waals surface area contributed by atoms with Crippen molar-refractivity contribution < 1.29 is 0 Å². The van der Waals surface area contributed by atoms with Gasteiger partial charge in [-0.15, -0.1) is 11.3 Å². The van der Waals surface area contributed by atoms with Gasteiger partial charge >= 0.3 is 0 Å². The van der Waals surface area contributed by atoms with Crippen molar-refractivity contribution in [2.24, 2.45) is 0 Å². The van der Waals surface area contributed by atoms with Crippen LogP contribution in [0.3, 0.4) is 0 Å². The lowest BCUT2D eigenvalue weighted by atomic mass is 10.4. The fourth-order valence-corrected chi connectivity index (χ4v) is 1.30. The molecule has 0 saturated heterocycles. The minimum Gasteiger partial charge on any atom is -0.242 e. The Morgan fingerprint density at radius 1 is 1.45 bits per heavy atom. The Labute approximate surface area is 71.1 Å². The molecule has 1 aromatic heterocycles. The summed E-state index contributed by atoms with van der Waals surface area (Å²) in [6.45, 7) is 4.01. The van der Waals surface area contributed by atoms with E-state index in [4.69, 9.17) is 0 Å². The molecule has 11 heavy (non-hydrogen) atoms. The number of nitrogens with zero attached hydrogens (tertiary/aromatic N) is 1. The molecule has 0 amide bonds. The van der Waals surface area contributed by atoms with Gasteiger partial charge in [0.2, 0.25) is 0 Å². The third kappa shape index (κ3) is 2.68. The molecule has 0 atom stereocenters. The number of hydrogen-bond acceptors (Lipinski definition) is 2. The monoisotopic (exact) mass is 165 g/mol. The van der Waals surface area contributed by atoms with Crippen LogP contribution in [0, 0.1) is 6.92 Å². The van der Waals surface area contributed by atoms with Gasteiger partial charge in [0.15, 0.2) is 0 Å². The van der Waals surface area contributed by atoms with Crippen molar-refractivity contribution in [2.45, 2.75) is 13.8 Å². The molecule has 1 nitrogen and oxygen atoms in total. The molecule has 0 N–H and O–H groups in total. The zero-order chi connectivity index (χ0) is 8.10. The van der Waals surface area contributed by atoms with E-state index in [1.807, 2.05) is 38.2 Å². The second-order valence-corrected chi connectivity index (χ2v) is 3.24. The van der Waals surface area contributed by atoms with E-state index < -0.39 is 0 Å². The van der Waals surface area contributed by atoms with E-state index in [-0.39, 0.29) is 0 Å². The van der Waals surface area contributed by atoms with Crippen LogP contribution in [0.1, 0.15) is 17.6 Å². The summed E-state index contributed by atoms with van der Waals surface area (Å²) < 4.78 is 0. The van der Waals surface area contributed by atoms with Gasteiger partial charge in [0, 0.05) is 5.38 Å². The van der Waals surface area contributed by atoms with E-state index in [2.05, 4.69) is 10.4 Å². The molecule has 0 aliphatic carbocycles. The zero-order valence-electron chi connectivity index (χ0n) is 6.74. The van der Waals surface area contributed by atoms with E-state index in [9.17, 15) is 0 Å². The standard InChI is InChI=1S/C9H11NS/c1-3-4-5-6-9-7-11-8(2)10-9/h3-7H,1-2H3/b4-3-,6-5-. The Morgan fingerprint density at radius 3 is 2.82 bits per heavy atom. The van der Waals surface area contributed by atoms with E-state index in [1.54, 1.807) is 11.3 Å². The molecule has 2 heteroatoms. The van der Waals surface area contributed by atoms with Crippen LogP contribution in [-0.2, 0) is 0 Å². The fourth-order valence-electron chi connectivity index (χ4n) is 0.722. The maximum Gasteiger partial charge on any atom is 0.0901 e. The quantitative estimate of drug-likeness (QED) is 0.614. The van der Waals surface area contributed by atoms with Crippen LogP contribution < -0.4 is 0 Å². The Balaban J connectivity index is 2.64. The van der Waals surface area contributed by atoms with Crippen molar-refractivity contribution in [1.82, 2.24) is 4.98 Å². The summed E-state index contributed by atoms with van der Waals surface area (Å²) in [4.78, 5) is 4.28. The van der Waals surface area contributed by atoms with Crippen LogP contribution in [0.25, 0.3) is 6.08 Å². The summed E-state index contributed by atoms with van der Waals surface area (Å²) in [7, 11) is 0. The average Bonchev–Trinajstić information content (AvgIpc) is 2.37. The number of allylic oxidation sites excluding steroid dienone is 3. The summed E-state index contributed by atoms with van der Waals surface area (Å²) in [6, 6.07) is 0. The van der Waals surface area contributed by atoms with E-state index >= 15 is 0 Å². The first kappa shape index (κ1) is 8.21. The molecule has 1 aromatic rings. The SMILES string of the molecule is C/C=C\C=C/c1csc(C)n1. The number of aromatic nitrogens is 1. The number of aryl methyl sites for hydroxylation is 1. The summed E-state index contributed by atoms with van der Waals surface area (Å²) in [5.74, 6) is 0. The van der Waals surface area contributed by atoms with Crippen LogP contribution in [-0.4, -0.2) is 4.98 Å². The molecule has 1 heterocycles. The summed E-state index contributed by atoms with van der Waals surface area (Å²) in [5, 5.41) is 3.17. The third-order valence-electron chi connectivity index (χ3n) is 1.21. The summed E-state index contributed by atoms with van der Waals surface area (Å²) in [6.07, 6.45) is 7.99. The molecule has 0 spiro atoms. The molecule has 0 radical (unpaired) electrons. The van der Waals surface area contributed by atoms with Crippen LogP contribution in [0.15, 0.2) is 23.6 Å². The molecule has 0 saturated carbocycles. The van der Waals surface area contributed by atoms with Gasteiger partial charge in [0.25, 0.3) is 0 Å². The lowest BCUT2D eigenvalue weighted by Gasteiger charge is -1.78. The molecule has 0 fully saturated rings. The highest BCUT2D eigenvalue weighted by Gasteiger charge is 1.89. The van der Waals surface area contributed by atoms with Crippen molar-refractivity contribution >= 4 is 17.4 Å². The van der Waals surface area contributed by atoms with Crippen LogP contribution in [0.4, 0.5) is 0 Å². The largest absolute Gasteiger partial charge is 0.242 e. The van der Waals surface area contributed by atoms with E-state index in [1.165, 1.54) is 0 Å². The van der Waals surface area contributed by atoms with Gasteiger partial charge in [-0.2, -0.15) is 0 Å². The first-order valence-corrected chi connectivity index (χ1v) is 4.42. The normalized spacial score (nSPS) is 11.8. The molecule has 0 aliphatic heterocycles. The lowest BCUT2D eigenvalue weighted by Crippen LogP contribution is -1.69. The predicted octanol–water partition coefficient (Wildman–Crippen LogP) is 3.04. The third-order valence-corrected chi connectivity index (χ3v) is 2.00. The first-order chi connectivity index (χ1) is 5.33. The van der Waals surface area contributed by atoms with Gasteiger partial charge < -0.3 is 0 Å². The lowest BCUT2D eigenvalue weighted by molar-refractivity contribution is 1.27. The van der Waals surface area contributed by atoms with Gasteiger partial charge in [-0.3, -0.25) is 0 Å². The number of hydrogen-bond donors (Lipinski definition) is 0. The van der Waals surface area contributed by atoms with Gasteiger partial charge in [0.1, 0.15) is 0 Å². The Morgan fingerprint density at radius 2 is 2.27 bits per heavy atom. The van der Waals surface area contributed by atoms with Crippen molar-refractivity contribution in [1.29, 1.82) is 0 Å². The Kier molecular flexibility index (Phi) is 3.05. The highest BCUT2D eigenvalue weighted by Crippen LogP contribution is 2.08. The highest BCUT2D eigenvalue weighted by molar-refractivity contribution is 7.09. The maximum absolute atomic E-state index is 4.28. The summed E-state index contributed by atoms with van der Waals surface area (Å²) >= 11 is 1.68. The topological polar surface area (TPSA) is 12.9 Å². The van der Waals surface area contributed by atoms with Crippen molar-refractivity contribution in [3.63, 3.8) is 0 Å². The molecule has 0 aromatic carbocycles. The zero-order valence-corrected chi connectivity index (χ0v) is 7.56. The first-order valence-electron chi connectivity index (χ1n) is 3.54. The minimum absolute atomic E-state index is 1.05. The van der Waals surface area contributed by atoms with Gasteiger partial charge in [0.05, 0.1) is 10.7 Å². The maximum atomic E-state index is 4.28. The second-order valence-electron chi connectivity index (χ2n) is 2.18. The highest BCUT2D eigenvalue weighted by atomic mass is 32.1. The number of thiazole rings is 1. The molecular formula is C9H11NS. The van der Waals surface area contributed by atoms with Crippen LogP contribution in [0.5, 0.6) is 0 Å². The van der Waals surface area contributed by atoms with Gasteiger partial charge in [-0.25, -0.2) is 4.98 Å². The van der Waals surface area contributed by atoms with Crippen molar-refractivity contribution in [2.75, 3.05) is 0 Å². The molecule has 0 unspecified atom stereocenters. The minimum atomic E-state index is 1.05. The smallest absolute Gasteiger partial charge is 0.0901 e. The molecule has 58 valence electrons. The average molecular weight is 165 g/mol. The molecule has 0 bridgehead atoms. The Hall–Kier alpha value is -0.890. The van der Waals surface area contributed by atoms with E-state index in [0.717, 1.165) is 10.7 Å². The van der Waals surface area contributed by atoms with E-state index in [0.29, 0.717) is 0 Å². The summed E-state index contributed by atoms with van der Waals surface area (Å²) in [5.41, 5.74) is 1.05. The van der Waals surface area contributed by atoms with Crippen LogP contribution >= 0.6 is 11.3 Å². The molecule has 1 rings (SSSR count). The predicted molar refractivity (Wildman–Crippen MR) is 50.7 cm³/mol. The molecular weight excluding hydrogens is 154 g/mol. The molecule has 0 aliphatic rings. The van der Waals surface area contributed by atoms with Crippen molar-refractivity contribution in [3.8, 4) is 0 Å². The Bertz CT molecular complexity index is 271. The van der Waals surface area contributed by atoms with Crippen molar-refractivity contribution in [3.05, 3.63) is 34.3 Å².